The van der Waals surface area contributed by atoms with Crippen LogP contribution in [0.15, 0.2) is 18.3 Å². The van der Waals surface area contributed by atoms with Crippen molar-refractivity contribution in [3.8, 4) is 11.3 Å². The Morgan fingerprint density at radius 1 is 1.20 bits per heavy atom. The highest BCUT2D eigenvalue weighted by Gasteiger charge is 2.57. The SMILES string of the molecule is CC(C)n1nc(-c2cnc(N)c(C(F)(F)F)c2)cc1[C@@H]1[C@@H]2C[C@H](NCC(F)F)C[C@@H]21. The van der Waals surface area contributed by atoms with Gasteiger partial charge < -0.3 is 11.1 Å². The molecule has 0 saturated heterocycles. The number of nitrogens with two attached hydrogens (primary N) is 1. The fraction of sp³-hybridized carbons (Fsp3) is 0.600. The zero-order valence-electron chi connectivity index (χ0n) is 16.6. The predicted molar refractivity (Wildman–Crippen MR) is 102 cm³/mol. The Morgan fingerprint density at radius 3 is 2.43 bits per heavy atom. The van der Waals surface area contributed by atoms with Gasteiger partial charge in [0.25, 0.3) is 6.43 Å². The molecule has 0 radical (unpaired) electrons. The highest BCUT2D eigenvalue weighted by molar-refractivity contribution is 5.63. The monoisotopic (exact) mass is 429 g/mol. The van der Waals surface area contributed by atoms with Crippen LogP contribution < -0.4 is 11.1 Å². The Morgan fingerprint density at radius 2 is 1.87 bits per heavy atom. The summed E-state index contributed by atoms with van der Waals surface area (Å²) in [7, 11) is 0. The summed E-state index contributed by atoms with van der Waals surface area (Å²) in [5, 5.41) is 7.46. The number of aromatic nitrogens is 3. The van der Waals surface area contributed by atoms with Crippen LogP contribution in [0, 0.1) is 11.8 Å². The lowest BCUT2D eigenvalue weighted by atomic mass is 10.0. The molecule has 4 atom stereocenters. The molecule has 30 heavy (non-hydrogen) atoms. The number of nitrogens with one attached hydrogen (secondary N) is 1. The van der Waals surface area contributed by atoms with Gasteiger partial charge >= 0.3 is 6.18 Å². The largest absolute Gasteiger partial charge is 0.419 e. The van der Waals surface area contributed by atoms with E-state index < -0.39 is 24.0 Å². The highest BCUT2D eigenvalue weighted by atomic mass is 19.4. The molecule has 0 bridgehead atoms. The van der Waals surface area contributed by atoms with Gasteiger partial charge in [0.2, 0.25) is 0 Å². The third kappa shape index (κ3) is 3.89. The number of nitrogen functional groups attached to an aromatic ring is 1. The predicted octanol–water partition coefficient (Wildman–Crippen LogP) is 4.47. The Kier molecular flexibility index (Phi) is 5.24. The Bertz CT molecular complexity index is 911. The van der Waals surface area contributed by atoms with E-state index in [-0.39, 0.29) is 30.1 Å². The second-order valence-corrected chi connectivity index (χ2v) is 8.47. The molecule has 2 aliphatic carbocycles. The third-order valence-electron chi connectivity index (χ3n) is 6.12. The summed E-state index contributed by atoms with van der Waals surface area (Å²) in [5.41, 5.74) is 6.10. The van der Waals surface area contributed by atoms with Gasteiger partial charge in [-0.1, -0.05) is 0 Å². The molecule has 2 aliphatic rings. The van der Waals surface area contributed by atoms with Crippen LogP contribution in [0.3, 0.4) is 0 Å². The maximum absolute atomic E-state index is 13.2. The second kappa shape index (κ2) is 7.47. The van der Waals surface area contributed by atoms with Gasteiger partial charge in [-0.3, -0.25) is 4.68 Å². The van der Waals surface area contributed by atoms with Crippen molar-refractivity contribution in [3.05, 3.63) is 29.6 Å². The molecule has 2 fully saturated rings. The van der Waals surface area contributed by atoms with Crippen molar-refractivity contribution in [2.75, 3.05) is 12.3 Å². The van der Waals surface area contributed by atoms with Crippen molar-refractivity contribution >= 4 is 5.82 Å². The van der Waals surface area contributed by atoms with Crippen LogP contribution in [-0.4, -0.2) is 33.8 Å². The minimum atomic E-state index is -4.59. The number of alkyl halides is 5. The number of nitrogens with zero attached hydrogens (tertiary/aromatic N) is 3. The summed E-state index contributed by atoms with van der Waals surface area (Å²) in [4.78, 5) is 3.71. The van der Waals surface area contributed by atoms with Crippen LogP contribution in [0.1, 0.15) is 49.9 Å². The second-order valence-electron chi connectivity index (χ2n) is 8.47. The zero-order valence-corrected chi connectivity index (χ0v) is 16.6. The topological polar surface area (TPSA) is 68.8 Å². The third-order valence-corrected chi connectivity index (χ3v) is 6.12. The molecule has 0 aromatic carbocycles. The molecule has 0 spiro atoms. The molecule has 10 heteroatoms. The molecular formula is C20H24F5N5. The van der Waals surface area contributed by atoms with Gasteiger partial charge in [-0.05, 0) is 50.7 Å². The van der Waals surface area contributed by atoms with Crippen LogP contribution >= 0.6 is 0 Å². The summed E-state index contributed by atoms with van der Waals surface area (Å²) < 4.78 is 66.3. The van der Waals surface area contributed by atoms with Crippen LogP contribution in [0.2, 0.25) is 0 Å². The van der Waals surface area contributed by atoms with Crippen LogP contribution in [0.4, 0.5) is 27.8 Å². The van der Waals surface area contributed by atoms with Crippen molar-refractivity contribution in [2.45, 2.75) is 57.3 Å². The van der Waals surface area contributed by atoms with Gasteiger partial charge in [-0.15, -0.1) is 0 Å². The molecule has 2 saturated carbocycles. The van der Waals surface area contributed by atoms with E-state index in [0.717, 1.165) is 24.6 Å². The van der Waals surface area contributed by atoms with Gasteiger partial charge in [0, 0.05) is 35.5 Å². The average molecular weight is 429 g/mol. The van der Waals surface area contributed by atoms with E-state index in [4.69, 9.17) is 5.73 Å². The van der Waals surface area contributed by atoms with Gasteiger partial charge in [0.05, 0.1) is 17.8 Å². The zero-order chi connectivity index (χ0) is 21.8. The summed E-state index contributed by atoms with van der Waals surface area (Å²) in [6.45, 7) is 3.64. The molecule has 2 heterocycles. The van der Waals surface area contributed by atoms with E-state index in [0.29, 0.717) is 17.5 Å². The van der Waals surface area contributed by atoms with Gasteiger partial charge in [0.15, 0.2) is 0 Å². The van der Waals surface area contributed by atoms with E-state index in [1.807, 2.05) is 24.6 Å². The fourth-order valence-electron chi connectivity index (χ4n) is 4.76. The highest BCUT2D eigenvalue weighted by Crippen LogP contribution is 2.63. The van der Waals surface area contributed by atoms with E-state index >= 15 is 0 Å². The first-order valence-corrected chi connectivity index (χ1v) is 10.00. The van der Waals surface area contributed by atoms with Crippen molar-refractivity contribution in [3.63, 3.8) is 0 Å². The van der Waals surface area contributed by atoms with E-state index in [1.54, 1.807) is 0 Å². The van der Waals surface area contributed by atoms with Gasteiger partial charge in [0.1, 0.15) is 5.82 Å². The van der Waals surface area contributed by atoms with Crippen molar-refractivity contribution in [1.82, 2.24) is 20.1 Å². The number of pyridine rings is 1. The average Bonchev–Trinajstić information content (AvgIpc) is 3.02. The Balaban J connectivity index is 1.57. The van der Waals surface area contributed by atoms with Crippen molar-refractivity contribution < 1.29 is 22.0 Å². The van der Waals surface area contributed by atoms with Gasteiger partial charge in [-0.2, -0.15) is 18.3 Å². The molecule has 3 N–H and O–H groups in total. The molecule has 4 rings (SSSR count). The minimum Gasteiger partial charge on any atom is -0.383 e. The first kappa shape index (κ1) is 21.0. The Labute approximate surface area is 170 Å². The summed E-state index contributed by atoms with van der Waals surface area (Å²) in [6, 6.07) is 2.94. The molecule has 164 valence electrons. The molecule has 0 unspecified atom stereocenters. The lowest BCUT2D eigenvalue weighted by Crippen LogP contribution is -2.32. The normalized spacial score (nSPS) is 25.9. The molecule has 5 nitrogen and oxygen atoms in total. The van der Waals surface area contributed by atoms with E-state index in [2.05, 4.69) is 15.4 Å². The molecule has 0 aliphatic heterocycles. The maximum Gasteiger partial charge on any atom is 0.419 e. The Hall–Kier alpha value is -2.23. The van der Waals surface area contributed by atoms with Crippen molar-refractivity contribution in [2.24, 2.45) is 11.8 Å². The minimum absolute atomic E-state index is 0.0339. The van der Waals surface area contributed by atoms with Gasteiger partial charge in [-0.25, -0.2) is 13.8 Å². The first-order valence-electron chi connectivity index (χ1n) is 10.00. The van der Waals surface area contributed by atoms with E-state index in [9.17, 15) is 22.0 Å². The summed E-state index contributed by atoms with van der Waals surface area (Å²) in [5.74, 6) is 0.464. The number of hydrogen-bond acceptors (Lipinski definition) is 4. The van der Waals surface area contributed by atoms with Crippen LogP contribution in [0.25, 0.3) is 11.3 Å². The lowest BCUT2D eigenvalue weighted by Gasteiger charge is -2.17. The standard InChI is InChI=1S/C20H24F5N5/c1-9(2)30-16(18-12-4-11(5-13(12)18)27-8-17(21)22)6-15(29-30)10-3-14(20(23,24)25)19(26)28-7-10/h3,6-7,9,11-13,17-18,27H,4-5,8H2,1-2H3,(H2,26,28)/t11-,12+,13-,18+. The number of halogens is 5. The van der Waals surface area contributed by atoms with E-state index in [1.165, 1.54) is 6.20 Å². The maximum atomic E-state index is 13.2. The number of rotatable bonds is 6. The number of fused-ring (bicyclic) bond motifs is 1. The quantitative estimate of drug-likeness (QED) is 0.665. The molecule has 2 aromatic heterocycles. The number of hydrogen-bond donors (Lipinski definition) is 2. The summed E-state index contributed by atoms with van der Waals surface area (Å²) >= 11 is 0. The number of anilines is 1. The lowest BCUT2D eigenvalue weighted by molar-refractivity contribution is -0.137. The molecule has 2 aromatic rings. The summed E-state index contributed by atoms with van der Waals surface area (Å²) in [6.07, 6.45) is -4.01. The molecular weight excluding hydrogens is 405 g/mol. The fourth-order valence-corrected chi connectivity index (χ4v) is 4.76. The first-order chi connectivity index (χ1) is 14.1. The van der Waals surface area contributed by atoms with Crippen molar-refractivity contribution in [1.29, 1.82) is 0 Å². The van der Waals surface area contributed by atoms with Crippen LogP contribution in [0.5, 0.6) is 0 Å². The smallest absolute Gasteiger partial charge is 0.383 e. The van der Waals surface area contributed by atoms with Crippen LogP contribution in [-0.2, 0) is 6.18 Å². The molecule has 0 amide bonds.